The summed E-state index contributed by atoms with van der Waals surface area (Å²) in [6.07, 6.45) is 0. The third-order valence-corrected chi connectivity index (χ3v) is 5.18. The lowest BCUT2D eigenvalue weighted by Crippen LogP contribution is -2.22. The molecular weight excluding hydrogens is 260 g/mol. The Morgan fingerprint density at radius 3 is 2.39 bits per heavy atom. The van der Waals surface area contributed by atoms with Gasteiger partial charge in [0.05, 0.1) is 6.04 Å². The van der Waals surface area contributed by atoms with Gasteiger partial charge in [-0.2, -0.15) is 0 Å². The van der Waals surface area contributed by atoms with Crippen LogP contribution in [-0.2, 0) is 0 Å². The normalized spacial score (nSPS) is 14.7. The first kappa shape index (κ1) is 13.7. The van der Waals surface area contributed by atoms with E-state index in [0.717, 1.165) is 5.69 Å². The number of thiophene rings is 1. The minimum atomic E-state index is 0.304. The first-order valence-corrected chi connectivity index (χ1v) is 7.92. The van der Waals surface area contributed by atoms with Crippen molar-refractivity contribution >= 4 is 22.7 Å². The zero-order valence-corrected chi connectivity index (χ0v) is 13.2. The van der Waals surface area contributed by atoms with Crippen LogP contribution in [0.2, 0.25) is 0 Å². The van der Waals surface area contributed by atoms with Crippen molar-refractivity contribution in [2.45, 2.75) is 46.7 Å². The number of rotatable bonds is 4. The van der Waals surface area contributed by atoms with Gasteiger partial charge in [-0.1, -0.05) is 0 Å². The second-order valence-electron chi connectivity index (χ2n) is 4.81. The van der Waals surface area contributed by atoms with E-state index in [0.29, 0.717) is 12.1 Å². The van der Waals surface area contributed by atoms with Crippen LogP contribution in [0.4, 0.5) is 0 Å². The Labute approximate surface area is 117 Å². The molecule has 1 N–H and O–H groups in total. The molecule has 0 spiro atoms. The van der Waals surface area contributed by atoms with Crippen LogP contribution in [0.15, 0.2) is 11.4 Å². The lowest BCUT2D eigenvalue weighted by atomic mass is 10.1. The number of aryl methyl sites for hydroxylation is 3. The largest absolute Gasteiger partial charge is 0.301 e. The van der Waals surface area contributed by atoms with Crippen LogP contribution in [0.5, 0.6) is 0 Å². The van der Waals surface area contributed by atoms with Gasteiger partial charge < -0.3 is 5.32 Å². The molecule has 2 rings (SSSR count). The van der Waals surface area contributed by atoms with Gasteiger partial charge in [-0.25, -0.2) is 4.98 Å². The summed E-state index contributed by atoms with van der Waals surface area (Å²) >= 11 is 3.60. The maximum absolute atomic E-state index is 4.54. The second-order valence-corrected chi connectivity index (χ2v) is 7.16. The summed E-state index contributed by atoms with van der Waals surface area (Å²) in [5.74, 6) is 0. The Hall–Kier alpha value is -0.710. The first-order chi connectivity index (χ1) is 8.47. The van der Waals surface area contributed by atoms with Crippen LogP contribution in [0.3, 0.4) is 0 Å². The van der Waals surface area contributed by atoms with E-state index in [-0.39, 0.29) is 0 Å². The van der Waals surface area contributed by atoms with Crippen molar-refractivity contribution in [2.24, 2.45) is 0 Å². The van der Waals surface area contributed by atoms with E-state index in [2.05, 4.69) is 49.4 Å². The van der Waals surface area contributed by atoms with Gasteiger partial charge in [-0.15, -0.1) is 22.7 Å². The summed E-state index contributed by atoms with van der Waals surface area (Å²) in [5, 5.41) is 6.91. The van der Waals surface area contributed by atoms with Crippen molar-refractivity contribution < 1.29 is 0 Å². The molecule has 0 saturated carbocycles. The molecule has 2 aromatic heterocycles. The number of aromatic nitrogens is 1. The molecule has 0 aromatic carbocycles. The molecule has 0 fully saturated rings. The molecule has 0 aliphatic heterocycles. The summed E-state index contributed by atoms with van der Waals surface area (Å²) in [6, 6.07) is 2.96. The summed E-state index contributed by atoms with van der Waals surface area (Å²) in [6.45, 7) is 10.8. The van der Waals surface area contributed by atoms with Crippen molar-refractivity contribution in [1.82, 2.24) is 10.3 Å². The van der Waals surface area contributed by atoms with Crippen LogP contribution in [0.25, 0.3) is 0 Å². The number of nitrogens with zero attached hydrogens (tertiary/aromatic N) is 1. The van der Waals surface area contributed by atoms with E-state index in [1.165, 1.54) is 20.3 Å². The van der Waals surface area contributed by atoms with E-state index in [9.17, 15) is 0 Å². The van der Waals surface area contributed by atoms with Crippen molar-refractivity contribution in [3.05, 3.63) is 37.5 Å². The molecule has 2 nitrogen and oxygen atoms in total. The maximum atomic E-state index is 4.54. The van der Waals surface area contributed by atoms with Gasteiger partial charge in [0.2, 0.25) is 0 Å². The van der Waals surface area contributed by atoms with Gasteiger partial charge in [-0.3, -0.25) is 0 Å². The molecule has 0 bridgehead atoms. The van der Waals surface area contributed by atoms with Crippen LogP contribution < -0.4 is 5.32 Å². The quantitative estimate of drug-likeness (QED) is 0.889. The Morgan fingerprint density at radius 2 is 1.89 bits per heavy atom. The fourth-order valence-corrected chi connectivity index (χ4v) is 4.02. The van der Waals surface area contributed by atoms with Crippen LogP contribution in [-0.4, -0.2) is 4.98 Å². The molecule has 18 heavy (non-hydrogen) atoms. The molecule has 0 amide bonds. The van der Waals surface area contributed by atoms with Crippen LogP contribution in [0.1, 0.15) is 52.0 Å². The lowest BCUT2D eigenvalue weighted by Gasteiger charge is -2.18. The summed E-state index contributed by atoms with van der Waals surface area (Å²) in [5.41, 5.74) is 2.52. The zero-order valence-electron chi connectivity index (χ0n) is 11.6. The Bertz CT molecular complexity index is 528. The van der Waals surface area contributed by atoms with Crippen molar-refractivity contribution in [3.63, 3.8) is 0 Å². The summed E-state index contributed by atoms with van der Waals surface area (Å²) in [4.78, 5) is 7.34. The molecule has 2 aromatic rings. The van der Waals surface area contributed by atoms with Crippen molar-refractivity contribution in [1.29, 1.82) is 0 Å². The van der Waals surface area contributed by atoms with Crippen LogP contribution in [0, 0.1) is 20.8 Å². The van der Waals surface area contributed by atoms with E-state index >= 15 is 0 Å². The third kappa shape index (κ3) is 2.99. The fourth-order valence-electron chi connectivity index (χ4n) is 2.19. The Morgan fingerprint density at radius 1 is 1.17 bits per heavy atom. The average Bonchev–Trinajstić information content (AvgIpc) is 2.84. The lowest BCUT2D eigenvalue weighted by molar-refractivity contribution is 0.492. The van der Waals surface area contributed by atoms with Gasteiger partial charge >= 0.3 is 0 Å². The Kier molecular flexibility index (Phi) is 4.20. The highest BCUT2D eigenvalue weighted by Crippen LogP contribution is 2.28. The van der Waals surface area contributed by atoms with Gasteiger partial charge in [0.15, 0.2) is 0 Å². The fraction of sp³-hybridized carbons (Fsp3) is 0.500. The number of hydrogen-bond donors (Lipinski definition) is 1. The molecule has 2 unspecified atom stereocenters. The molecule has 0 aliphatic rings. The van der Waals surface area contributed by atoms with Crippen molar-refractivity contribution in [3.8, 4) is 0 Å². The average molecular weight is 280 g/mol. The highest BCUT2D eigenvalue weighted by molar-refractivity contribution is 7.12. The van der Waals surface area contributed by atoms with E-state index in [1.54, 1.807) is 11.3 Å². The number of thiazole rings is 1. The predicted octanol–water partition coefficient (Wildman–Crippen LogP) is 4.54. The molecule has 0 saturated heterocycles. The topological polar surface area (TPSA) is 24.9 Å². The van der Waals surface area contributed by atoms with Gasteiger partial charge in [-0.05, 0) is 46.2 Å². The zero-order chi connectivity index (χ0) is 13.3. The second kappa shape index (κ2) is 5.51. The molecular formula is C14H20N2S2. The highest BCUT2D eigenvalue weighted by Gasteiger charge is 2.16. The van der Waals surface area contributed by atoms with Gasteiger partial charge in [0.1, 0.15) is 5.01 Å². The maximum Gasteiger partial charge on any atom is 0.110 e. The summed E-state index contributed by atoms with van der Waals surface area (Å²) < 4.78 is 0. The van der Waals surface area contributed by atoms with Gasteiger partial charge in [0, 0.05) is 26.9 Å². The SMILES string of the molecule is Cc1csc(C(C)NC(C)c2cc(C)sc2C)n1. The molecule has 2 heterocycles. The van der Waals surface area contributed by atoms with E-state index in [4.69, 9.17) is 0 Å². The van der Waals surface area contributed by atoms with Crippen molar-refractivity contribution in [2.75, 3.05) is 0 Å². The predicted molar refractivity (Wildman–Crippen MR) is 80.6 cm³/mol. The monoisotopic (exact) mass is 280 g/mol. The third-order valence-electron chi connectivity index (χ3n) is 3.05. The smallest absolute Gasteiger partial charge is 0.110 e. The first-order valence-electron chi connectivity index (χ1n) is 6.22. The molecule has 2 atom stereocenters. The Balaban J connectivity index is 2.07. The standard InChI is InChI=1S/C14H20N2S2/c1-8-7-17-14(15-8)11(4)16-10(3)13-6-9(2)18-12(13)5/h6-7,10-11,16H,1-5H3. The van der Waals surface area contributed by atoms with E-state index in [1.807, 2.05) is 18.3 Å². The number of nitrogens with one attached hydrogen (secondary N) is 1. The minimum absolute atomic E-state index is 0.304. The molecule has 98 valence electrons. The molecule has 4 heteroatoms. The highest BCUT2D eigenvalue weighted by atomic mass is 32.1. The molecule has 0 radical (unpaired) electrons. The number of hydrogen-bond acceptors (Lipinski definition) is 4. The summed E-state index contributed by atoms with van der Waals surface area (Å²) in [7, 11) is 0. The molecule has 0 aliphatic carbocycles. The van der Waals surface area contributed by atoms with E-state index < -0.39 is 0 Å². The minimum Gasteiger partial charge on any atom is -0.301 e. The van der Waals surface area contributed by atoms with Gasteiger partial charge in [0.25, 0.3) is 0 Å². The van der Waals surface area contributed by atoms with Crippen LogP contribution >= 0.6 is 22.7 Å².